The number of benzene rings is 2. The number of methoxy groups -OCH3 is 1. The number of rotatable bonds is 8. The summed E-state index contributed by atoms with van der Waals surface area (Å²) >= 11 is 1.45. The molecule has 2 aromatic carbocycles. The molecule has 2 aliphatic heterocycles. The minimum atomic E-state index is -0.422. The summed E-state index contributed by atoms with van der Waals surface area (Å²) in [7, 11) is 1.66. The summed E-state index contributed by atoms with van der Waals surface area (Å²) in [6.45, 7) is 7.75. The second kappa shape index (κ2) is 11.1. The summed E-state index contributed by atoms with van der Waals surface area (Å²) in [5.41, 5.74) is 2.18. The van der Waals surface area contributed by atoms with Gasteiger partial charge in [-0.15, -0.1) is 0 Å². The maximum atomic E-state index is 12.7. The number of anilines is 1. The van der Waals surface area contributed by atoms with Gasteiger partial charge in [-0.3, -0.25) is 9.79 Å². The number of carbonyl (C=O) groups excluding carboxylic acids is 1. The largest absolute Gasteiger partial charge is 0.497 e. The SMILES string of the molecule is CCOc1ccc(NC(=O)CSC2=NC3(CCN(CC)CC3)N=C2c2ccc(OC)cc2)cc1. The lowest BCUT2D eigenvalue weighted by molar-refractivity contribution is -0.113. The number of piperidine rings is 1. The van der Waals surface area contributed by atoms with Gasteiger partial charge in [0, 0.05) is 37.2 Å². The number of amides is 1. The third kappa shape index (κ3) is 5.80. The molecule has 2 heterocycles. The first-order valence-electron chi connectivity index (χ1n) is 11.8. The molecule has 7 nitrogen and oxygen atoms in total. The zero-order chi connectivity index (χ0) is 24.0. The Labute approximate surface area is 205 Å². The van der Waals surface area contributed by atoms with Crippen molar-refractivity contribution in [3.8, 4) is 11.5 Å². The number of nitrogens with one attached hydrogen (secondary N) is 1. The Balaban J connectivity index is 1.46. The zero-order valence-electron chi connectivity index (χ0n) is 20.0. The van der Waals surface area contributed by atoms with E-state index in [1.807, 2.05) is 55.5 Å². The summed E-state index contributed by atoms with van der Waals surface area (Å²) in [4.78, 5) is 25.3. The van der Waals surface area contributed by atoms with E-state index in [4.69, 9.17) is 19.5 Å². The van der Waals surface area contributed by atoms with E-state index in [2.05, 4.69) is 17.1 Å². The highest BCUT2D eigenvalue weighted by Crippen LogP contribution is 2.35. The number of aliphatic imine (C=N–C) groups is 2. The van der Waals surface area contributed by atoms with Gasteiger partial charge in [-0.05, 0) is 62.0 Å². The molecule has 1 amide bonds. The summed E-state index contributed by atoms with van der Waals surface area (Å²) in [6.07, 6.45) is 1.78. The van der Waals surface area contributed by atoms with E-state index in [0.717, 1.165) is 66.0 Å². The van der Waals surface area contributed by atoms with Gasteiger partial charge in [-0.1, -0.05) is 18.7 Å². The van der Waals surface area contributed by atoms with Crippen molar-refractivity contribution in [1.29, 1.82) is 0 Å². The van der Waals surface area contributed by atoms with Crippen LogP contribution in [0.1, 0.15) is 32.3 Å². The third-order valence-corrected chi connectivity index (χ3v) is 7.05. The van der Waals surface area contributed by atoms with Crippen molar-refractivity contribution < 1.29 is 14.3 Å². The lowest BCUT2D eigenvalue weighted by Gasteiger charge is -2.34. The first kappa shape index (κ1) is 24.3. The fourth-order valence-corrected chi connectivity index (χ4v) is 5.02. The normalized spacial score (nSPS) is 17.3. The molecule has 0 aromatic heterocycles. The maximum absolute atomic E-state index is 12.7. The van der Waals surface area contributed by atoms with Gasteiger partial charge in [0.25, 0.3) is 0 Å². The molecule has 8 heteroatoms. The third-order valence-electron chi connectivity index (χ3n) is 6.09. The molecule has 180 valence electrons. The van der Waals surface area contributed by atoms with Crippen molar-refractivity contribution in [1.82, 2.24) is 4.90 Å². The number of hydrogen-bond donors (Lipinski definition) is 1. The standard InChI is InChI=1S/C26H32N4O3S/c1-4-30-16-14-26(15-17-30)28-24(19-6-10-21(32-3)11-7-19)25(29-26)34-18-23(31)27-20-8-12-22(13-9-20)33-5-2/h6-13H,4-5,14-18H2,1-3H3,(H,27,31). The van der Waals surface area contributed by atoms with Crippen molar-refractivity contribution in [2.45, 2.75) is 32.4 Å². The van der Waals surface area contributed by atoms with Crippen molar-refractivity contribution in [3.05, 3.63) is 54.1 Å². The molecular formula is C26H32N4O3S. The van der Waals surface area contributed by atoms with Crippen LogP contribution >= 0.6 is 11.8 Å². The quantitative estimate of drug-likeness (QED) is 0.603. The molecule has 0 bridgehead atoms. The molecule has 1 N–H and O–H groups in total. The minimum absolute atomic E-state index is 0.0762. The van der Waals surface area contributed by atoms with Crippen LogP contribution in [0, 0.1) is 0 Å². The van der Waals surface area contributed by atoms with Crippen LogP contribution in [0.15, 0.2) is 58.5 Å². The van der Waals surface area contributed by atoms with Crippen molar-refractivity contribution >= 4 is 34.1 Å². The van der Waals surface area contributed by atoms with Crippen LogP contribution in [0.4, 0.5) is 5.69 Å². The Morgan fingerprint density at radius 1 is 1.03 bits per heavy atom. The highest BCUT2D eigenvalue weighted by Gasteiger charge is 2.39. The molecule has 2 aromatic rings. The summed E-state index contributed by atoms with van der Waals surface area (Å²) < 4.78 is 10.8. The first-order chi connectivity index (χ1) is 16.5. The predicted octanol–water partition coefficient (Wildman–Crippen LogP) is 4.48. The zero-order valence-corrected chi connectivity index (χ0v) is 20.9. The number of carbonyl (C=O) groups is 1. The topological polar surface area (TPSA) is 75.5 Å². The predicted molar refractivity (Wildman–Crippen MR) is 140 cm³/mol. The molecule has 0 atom stereocenters. The molecule has 0 unspecified atom stereocenters. The van der Waals surface area contributed by atoms with Gasteiger partial charge in [-0.25, -0.2) is 4.99 Å². The molecule has 1 saturated heterocycles. The highest BCUT2D eigenvalue weighted by atomic mass is 32.2. The molecule has 2 aliphatic rings. The smallest absolute Gasteiger partial charge is 0.234 e. The fourth-order valence-electron chi connectivity index (χ4n) is 4.14. The summed E-state index contributed by atoms with van der Waals surface area (Å²) in [5, 5.41) is 3.79. The Morgan fingerprint density at radius 2 is 1.71 bits per heavy atom. The van der Waals surface area contributed by atoms with E-state index < -0.39 is 5.66 Å². The van der Waals surface area contributed by atoms with Crippen LogP contribution < -0.4 is 14.8 Å². The maximum Gasteiger partial charge on any atom is 0.234 e. The van der Waals surface area contributed by atoms with E-state index in [1.54, 1.807) is 7.11 Å². The molecule has 1 fully saturated rings. The molecule has 1 spiro atoms. The van der Waals surface area contributed by atoms with Crippen molar-refractivity contribution in [2.75, 3.05) is 44.4 Å². The number of nitrogens with zero attached hydrogens (tertiary/aromatic N) is 3. The van der Waals surface area contributed by atoms with Crippen molar-refractivity contribution in [3.63, 3.8) is 0 Å². The fraction of sp³-hybridized carbons (Fsp3) is 0.423. The van der Waals surface area contributed by atoms with Crippen LogP contribution in [0.3, 0.4) is 0 Å². The van der Waals surface area contributed by atoms with Crippen LogP contribution in [0.5, 0.6) is 11.5 Å². The first-order valence-corrected chi connectivity index (χ1v) is 12.7. The molecule has 0 saturated carbocycles. The van der Waals surface area contributed by atoms with E-state index in [-0.39, 0.29) is 11.7 Å². The van der Waals surface area contributed by atoms with E-state index >= 15 is 0 Å². The van der Waals surface area contributed by atoms with Crippen LogP contribution in [0.2, 0.25) is 0 Å². The Bertz CT molecular complexity index is 1040. The van der Waals surface area contributed by atoms with E-state index in [1.165, 1.54) is 11.8 Å². The minimum Gasteiger partial charge on any atom is -0.497 e. The lowest BCUT2D eigenvalue weighted by Crippen LogP contribution is -2.41. The van der Waals surface area contributed by atoms with Gasteiger partial charge in [0.15, 0.2) is 5.66 Å². The van der Waals surface area contributed by atoms with Gasteiger partial charge in [0.1, 0.15) is 16.5 Å². The van der Waals surface area contributed by atoms with Crippen molar-refractivity contribution in [2.24, 2.45) is 9.98 Å². The molecule has 0 aliphatic carbocycles. The van der Waals surface area contributed by atoms with Gasteiger partial charge in [-0.2, -0.15) is 0 Å². The van der Waals surface area contributed by atoms with Gasteiger partial charge in [0.05, 0.1) is 25.2 Å². The highest BCUT2D eigenvalue weighted by molar-refractivity contribution is 8.16. The average Bonchev–Trinajstić information content (AvgIpc) is 3.22. The Morgan fingerprint density at radius 3 is 2.32 bits per heavy atom. The van der Waals surface area contributed by atoms with Gasteiger partial charge >= 0.3 is 0 Å². The molecule has 34 heavy (non-hydrogen) atoms. The number of likely N-dealkylation sites (tertiary alicyclic amines) is 1. The number of hydrogen-bond acceptors (Lipinski definition) is 7. The van der Waals surface area contributed by atoms with Gasteiger partial charge in [0.2, 0.25) is 5.91 Å². The Kier molecular flexibility index (Phi) is 7.90. The monoisotopic (exact) mass is 480 g/mol. The Hall–Kier alpha value is -2.84. The second-order valence-electron chi connectivity index (χ2n) is 8.32. The molecular weight excluding hydrogens is 448 g/mol. The average molecular weight is 481 g/mol. The van der Waals surface area contributed by atoms with E-state index in [0.29, 0.717) is 6.61 Å². The second-order valence-corrected chi connectivity index (χ2v) is 9.28. The number of ether oxygens (including phenoxy) is 2. The van der Waals surface area contributed by atoms with Gasteiger partial charge < -0.3 is 19.7 Å². The summed E-state index contributed by atoms with van der Waals surface area (Å²) in [6, 6.07) is 15.3. The van der Waals surface area contributed by atoms with E-state index in [9.17, 15) is 4.79 Å². The van der Waals surface area contributed by atoms with Crippen LogP contribution in [0.25, 0.3) is 0 Å². The molecule has 0 radical (unpaired) electrons. The number of thioether (sulfide) groups is 1. The van der Waals surface area contributed by atoms with Crippen LogP contribution in [-0.4, -0.2) is 66.3 Å². The lowest BCUT2D eigenvalue weighted by atomic mass is 9.98. The van der Waals surface area contributed by atoms with Crippen LogP contribution in [-0.2, 0) is 4.79 Å². The summed E-state index contributed by atoms with van der Waals surface area (Å²) in [5.74, 6) is 1.77. The molecule has 4 rings (SSSR count).